The van der Waals surface area contributed by atoms with Crippen LogP contribution < -0.4 is 15.5 Å². The van der Waals surface area contributed by atoms with E-state index in [0.29, 0.717) is 18.4 Å². The predicted octanol–water partition coefficient (Wildman–Crippen LogP) is 5.12. The maximum atomic E-state index is 12.3. The number of piperidine rings is 1. The SMILES string of the molecule is CC(C)C1COC(=O)N1c1ccnc(N[C@@H](C)c2ccc(CN3CCC(NC(=O)OC(C)(C)C)CC3)cc2)n1. The van der Waals surface area contributed by atoms with Crippen LogP contribution in [0.4, 0.5) is 21.4 Å². The molecule has 2 aliphatic heterocycles. The van der Waals surface area contributed by atoms with Crippen molar-refractivity contribution in [2.75, 3.05) is 29.9 Å². The van der Waals surface area contributed by atoms with Crippen molar-refractivity contribution in [3.63, 3.8) is 0 Å². The number of carbonyl (C=O) groups excluding carboxylic acids is 2. The summed E-state index contributed by atoms with van der Waals surface area (Å²) < 4.78 is 10.6. The lowest BCUT2D eigenvalue weighted by Gasteiger charge is -2.32. The molecule has 0 bridgehead atoms. The molecule has 39 heavy (non-hydrogen) atoms. The summed E-state index contributed by atoms with van der Waals surface area (Å²) in [6.45, 7) is 14.9. The van der Waals surface area contributed by atoms with Gasteiger partial charge in [0.05, 0.1) is 12.1 Å². The molecular formula is C29H42N6O4. The number of anilines is 2. The number of ether oxygens (including phenoxy) is 2. The molecule has 1 aromatic carbocycles. The van der Waals surface area contributed by atoms with Crippen molar-refractivity contribution in [2.24, 2.45) is 5.92 Å². The highest BCUT2D eigenvalue weighted by molar-refractivity contribution is 5.89. The number of hydrogen-bond acceptors (Lipinski definition) is 8. The second-order valence-electron chi connectivity index (χ2n) is 11.8. The monoisotopic (exact) mass is 538 g/mol. The Bertz CT molecular complexity index is 1130. The Morgan fingerprint density at radius 2 is 1.82 bits per heavy atom. The van der Waals surface area contributed by atoms with E-state index in [-0.39, 0.29) is 36.2 Å². The molecular weight excluding hydrogens is 496 g/mol. The molecule has 212 valence electrons. The van der Waals surface area contributed by atoms with Crippen LogP contribution in [0.1, 0.15) is 71.6 Å². The molecule has 10 nitrogen and oxygen atoms in total. The summed E-state index contributed by atoms with van der Waals surface area (Å²) in [5.74, 6) is 1.26. The summed E-state index contributed by atoms with van der Waals surface area (Å²) in [7, 11) is 0. The molecule has 1 aromatic heterocycles. The Morgan fingerprint density at radius 3 is 2.46 bits per heavy atom. The van der Waals surface area contributed by atoms with E-state index in [9.17, 15) is 9.59 Å². The lowest BCUT2D eigenvalue weighted by Crippen LogP contribution is -2.45. The van der Waals surface area contributed by atoms with E-state index in [0.717, 1.165) is 38.0 Å². The summed E-state index contributed by atoms with van der Waals surface area (Å²) in [5, 5.41) is 6.36. The van der Waals surface area contributed by atoms with E-state index in [1.807, 2.05) is 20.8 Å². The van der Waals surface area contributed by atoms with Gasteiger partial charge in [-0.05, 0) is 63.6 Å². The predicted molar refractivity (Wildman–Crippen MR) is 151 cm³/mol. The summed E-state index contributed by atoms with van der Waals surface area (Å²) in [4.78, 5) is 37.4. The largest absolute Gasteiger partial charge is 0.447 e. The smallest absolute Gasteiger partial charge is 0.415 e. The molecule has 10 heteroatoms. The highest BCUT2D eigenvalue weighted by atomic mass is 16.6. The van der Waals surface area contributed by atoms with Gasteiger partial charge in [0.15, 0.2) is 0 Å². The second-order valence-corrected chi connectivity index (χ2v) is 11.8. The van der Waals surface area contributed by atoms with Crippen LogP contribution in [0.2, 0.25) is 0 Å². The average molecular weight is 539 g/mol. The first-order valence-corrected chi connectivity index (χ1v) is 13.8. The van der Waals surface area contributed by atoms with Crippen LogP contribution in [0.5, 0.6) is 0 Å². The number of likely N-dealkylation sites (tertiary alicyclic amines) is 1. The van der Waals surface area contributed by atoms with E-state index in [1.165, 1.54) is 5.56 Å². The molecule has 2 fully saturated rings. The minimum Gasteiger partial charge on any atom is -0.447 e. The second kappa shape index (κ2) is 12.2. The fraction of sp³-hybridized carbons (Fsp3) is 0.586. The van der Waals surface area contributed by atoms with E-state index in [1.54, 1.807) is 17.2 Å². The molecule has 2 atom stereocenters. The van der Waals surface area contributed by atoms with Gasteiger partial charge in [-0.3, -0.25) is 9.80 Å². The molecule has 2 amide bonds. The first-order chi connectivity index (χ1) is 18.5. The number of aromatic nitrogens is 2. The first kappa shape index (κ1) is 28.6. The van der Waals surface area contributed by atoms with Crippen LogP contribution in [-0.2, 0) is 16.0 Å². The Kier molecular flexibility index (Phi) is 8.94. The number of nitrogens with zero attached hydrogens (tertiary/aromatic N) is 4. The van der Waals surface area contributed by atoms with Crippen LogP contribution in [0.15, 0.2) is 36.5 Å². The lowest BCUT2D eigenvalue weighted by atomic mass is 10.0. The van der Waals surface area contributed by atoms with Crippen LogP contribution in [0, 0.1) is 5.92 Å². The number of alkyl carbamates (subject to hydrolysis) is 1. The third kappa shape index (κ3) is 7.81. The summed E-state index contributed by atoms with van der Waals surface area (Å²) in [6, 6.07) is 10.4. The summed E-state index contributed by atoms with van der Waals surface area (Å²) >= 11 is 0. The third-order valence-corrected chi connectivity index (χ3v) is 7.10. The van der Waals surface area contributed by atoms with Gasteiger partial charge in [0.2, 0.25) is 5.95 Å². The molecule has 4 rings (SSSR count). The number of nitrogens with one attached hydrogen (secondary N) is 2. The Balaban J connectivity index is 1.28. The first-order valence-electron chi connectivity index (χ1n) is 13.8. The lowest BCUT2D eigenvalue weighted by molar-refractivity contribution is 0.0477. The van der Waals surface area contributed by atoms with Crippen molar-refractivity contribution in [1.29, 1.82) is 0 Å². The number of rotatable bonds is 8. The van der Waals surface area contributed by atoms with Crippen molar-refractivity contribution >= 4 is 24.0 Å². The number of benzene rings is 1. The quantitative estimate of drug-likeness (QED) is 0.477. The Labute approximate surface area is 231 Å². The Hall–Kier alpha value is -3.40. The fourth-order valence-electron chi connectivity index (χ4n) is 4.90. The highest BCUT2D eigenvalue weighted by Crippen LogP contribution is 2.27. The maximum absolute atomic E-state index is 12.3. The van der Waals surface area contributed by atoms with Crippen LogP contribution >= 0.6 is 0 Å². The summed E-state index contributed by atoms with van der Waals surface area (Å²) in [6.07, 6.45) is 2.77. The van der Waals surface area contributed by atoms with Gasteiger partial charge in [0, 0.05) is 31.9 Å². The fourth-order valence-corrected chi connectivity index (χ4v) is 4.90. The van der Waals surface area contributed by atoms with Gasteiger partial charge in [-0.15, -0.1) is 0 Å². The molecule has 2 saturated heterocycles. The molecule has 0 spiro atoms. The van der Waals surface area contributed by atoms with Crippen molar-refractivity contribution < 1.29 is 19.1 Å². The average Bonchev–Trinajstić information content (AvgIpc) is 3.26. The molecule has 2 aliphatic rings. The molecule has 2 N–H and O–H groups in total. The number of carbonyl (C=O) groups is 2. The zero-order chi connectivity index (χ0) is 28.2. The molecule has 0 radical (unpaired) electrons. The summed E-state index contributed by atoms with van der Waals surface area (Å²) in [5.41, 5.74) is 1.88. The van der Waals surface area contributed by atoms with Gasteiger partial charge in [-0.2, -0.15) is 4.98 Å². The molecule has 3 heterocycles. The van der Waals surface area contributed by atoms with Gasteiger partial charge >= 0.3 is 12.2 Å². The highest BCUT2D eigenvalue weighted by Gasteiger charge is 2.37. The van der Waals surface area contributed by atoms with Gasteiger partial charge in [0.1, 0.15) is 18.0 Å². The van der Waals surface area contributed by atoms with E-state index in [4.69, 9.17) is 9.47 Å². The number of cyclic esters (lactones) is 1. The van der Waals surface area contributed by atoms with Crippen molar-refractivity contribution in [3.8, 4) is 0 Å². The third-order valence-electron chi connectivity index (χ3n) is 7.10. The van der Waals surface area contributed by atoms with E-state index < -0.39 is 5.60 Å². The number of hydrogen-bond donors (Lipinski definition) is 2. The van der Waals surface area contributed by atoms with E-state index >= 15 is 0 Å². The minimum absolute atomic E-state index is 0.0181. The molecule has 1 unspecified atom stereocenters. The Morgan fingerprint density at radius 1 is 1.13 bits per heavy atom. The topological polar surface area (TPSA) is 109 Å². The minimum atomic E-state index is -0.485. The van der Waals surface area contributed by atoms with Crippen LogP contribution in [-0.4, -0.2) is 64.4 Å². The van der Waals surface area contributed by atoms with Gasteiger partial charge in [0.25, 0.3) is 0 Å². The van der Waals surface area contributed by atoms with Crippen LogP contribution in [0.25, 0.3) is 0 Å². The van der Waals surface area contributed by atoms with Crippen LogP contribution in [0.3, 0.4) is 0 Å². The number of amides is 2. The van der Waals surface area contributed by atoms with Crippen molar-refractivity contribution in [3.05, 3.63) is 47.7 Å². The standard InChI is InChI=1S/C29H42N6O4/c1-19(2)24-18-38-28(37)35(24)25-11-14-30-26(33-25)31-20(3)22-9-7-21(8-10-22)17-34-15-12-23(13-16-34)32-27(36)39-29(4,5)6/h7-11,14,19-20,23-24H,12-13,15-18H2,1-6H3,(H,32,36)(H,30,31,33)/t20-,24?/m0/s1. The molecule has 0 saturated carbocycles. The maximum Gasteiger partial charge on any atom is 0.415 e. The molecule has 2 aromatic rings. The van der Waals surface area contributed by atoms with Gasteiger partial charge in [-0.1, -0.05) is 38.1 Å². The zero-order valence-electron chi connectivity index (χ0n) is 23.9. The van der Waals surface area contributed by atoms with Gasteiger partial charge < -0.3 is 20.1 Å². The molecule has 0 aliphatic carbocycles. The van der Waals surface area contributed by atoms with Crippen molar-refractivity contribution in [2.45, 2.75) is 84.7 Å². The van der Waals surface area contributed by atoms with E-state index in [2.05, 4.69) is 70.5 Å². The van der Waals surface area contributed by atoms with Gasteiger partial charge in [-0.25, -0.2) is 14.6 Å². The normalized spacial score (nSPS) is 19.6. The van der Waals surface area contributed by atoms with Crippen molar-refractivity contribution in [1.82, 2.24) is 20.2 Å². The zero-order valence-corrected chi connectivity index (χ0v) is 23.9.